The van der Waals surface area contributed by atoms with Gasteiger partial charge >= 0.3 is 12.4 Å². The predicted octanol–water partition coefficient (Wildman–Crippen LogP) is 3.87. The predicted molar refractivity (Wildman–Crippen MR) is 105 cm³/mol. The Bertz CT molecular complexity index is 1170. The number of carbonyl (C=O) groups excluding carboxylic acids is 2. The monoisotopic (exact) mass is 443 g/mol. The number of halogens is 3. The molecule has 32 heavy (non-hydrogen) atoms. The molecule has 1 aliphatic carbocycles. The second-order valence-corrected chi connectivity index (χ2v) is 7.55. The average Bonchev–Trinajstić information content (AvgIpc) is 3.31. The van der Waals surface area contributed by atoms with Crippen molar-refractivity contribution in [1.29, 1.82) is 0 Å². The maximum atomic E-state index is 13.3. The van der Waals surface area contributed by atoms with Crippen LogP contribution in [0.15, 0.2) is 55.1 Å². The summed E-state index contributed by atoms with van der Waals surface area (Å²) in [4.78, 5) is 40.3. The van der Waals surface area contributed by atoms with E-state index in [2.05, 4.69) is 19.7 Å². The zero-order valence-corrected chi connectivity index (χ0v) is 16.5. The number of carbonyl (C=O) groups is 2. The highest BCUT2D eigenvalue weighted by molar-refractivity contribution is 6.24. The first kappa shape index (κ1) is 20.0. The molecule has 8 nitrogen and oxygen atoms in total. The van der Waals surface area contributed by atoms with Gasteiger partial charge in [0, 0.05) is 36.9 Å². The standard InChI is InChI=1S/C21H16F3N5O3/c22-21(23,24)32-15-3-1-14(2-4-15)29-18(30)20(6-7-20)28(19(29)31)12-13-5-8-25-11-16(13)17-26-9-10-27-17/h1-5,8-11H,6-7,12H2,(H,26,27). The number of hydrogen-bond acceptors (Lipinski definition) is 5. The Kier molecular flexibility index (Phi) is 4.43. The van der Waals surface area contributed by atoms with Gasteiger partial charge in [-0.1, -0.05) is 0 Å². The van der Waals surface area contributed by atoms with E-state index in [1.165, 1.54) is 17.0 Å². The summed E-state index contributed by atoms with van der Waals surface area (Å²) in [6, 6.07) is 5.90. The molecule has 2 aliphatic rings. The lowest BCUT2D eigenvalue weighted by atomic mass is 10.1. The molecule has 0 bridgehead atoms. The third kappa shape index (κ3) is 3.35. The van der Waals surface area contributed by atoms with E-state index in [1.807, 2.05) is 0 Å². The number of rotatable bonds is 5. The number of pyridine rings is 1. The van der Waals surface area contributed by atoms with Crippen molar-refractivity contribution >= 4 is 17.6 Å². The average molecular weight is 443 g/mol. The van der Waals surface area contributed by atoms with Crippen LogP contribution in [0.3, 0.4) is 0 Å². The van der Waals surface area contributed by atoms with Gasteiger partial charge in [-0.3, -0.25) is 9.78 Å². The molecule has 1 saturated heterocycles. The SMILES string of the molecule is O=C1N(c2ccc(OC(F)(F)F)cc2)C(=O)C2(CC2)N1Cc1ccncc1-c1ncc[nH]1. The Morgan fingerprint density at radius 3 is 2.47 bits per heavy atom. The number of imidazole rings is 1. The summed E-state index contributed by atoms with van der Waals surface area (Å²) in [5.74, 6) is -0.230. The first-order chi connectivity index (χ1) is 15.3. The van der Waals surface area contributed by atoms with E-state index in [0.29, 0.717) is 24.2 Å². The molecule has 3 heterocycles. The van der Waals surface area contributed by atoms with Gasteiger partial charge in [0.25, 0.3) is 5.91 Å². The lowest BCUT2D eigenvalue weighted by molar-refractivity contribution is -0.274. The molecule has 1 saturated carbocycles. The Morgan fingerprint density at radius 1 is 1.09 bits per heavy atom. The van der Waals surface area contributed by atoms with Crippen molar-refractivity contribution in [3.05, 3.63) is 60.7 Å². The number of urea groups is 1. The topological polar surface area (TPSA) is 91.4 Å². The highest BCUT2D eigenvalue weighted by Gasteiger charge is 2.65. The van der Waals surface area contributed by atoms with Gasteiger partial charge in [-0.05, 0) is 48.7 Å². The van der Waals surface area contributed by atoms with E-state index in [0.717, 1.165) is 22.6 Å². The summed E-state index contributed by atoms with van der Waals surface area (Å²) in [7, 11) is 0. The number of alkyl halides is 3. The van der Waals surface area contributed by atoms with Crippen LogP contribution in [-0.4, -0.2) is 43.7 Å². The fourth-order valence-corrected chi connectivity index (χ4v) is 3.92. The minimum atomic E-state index is -4.83. The number of ether oxygens (including phenoxy) is 1. The van der Waals surface area contributed by atoms with Crippen molar-refractivity contribution in [1.82, 2.24) is 19.9 Å². The number of amides is 3. The molecule has 164 valence electrons. The van der Waals surface area contributed by atoms with Gasteiger partial charge in [-0.25, -0.2) is 14.7 Å². The lowest BCUT2D eigenvalue weighted by Gasteiger charge is -2.22. The van der Waals surface area contributed by atoms with Crippen LogP contribution in [-0.2, 0) is 11.3 Å². The van der Waals surface area contributed by atoms with Crippen LogP contribution < -0.4 is 9.64 Å². The molecule has 0 unspecified atom stereocenters. The number of imide groups is 1. The van der Waals surface area contributed by atoms with Crippen LogP contribution >= 0.6 is 0 Å². The zero-order chi connectivity index (χ0) is 22.5. The molecule has 2 aromatic heterocycles. The first-order valence-electron chi connectivity index (χ1n) is 9.73. The van der Waals surface area contributed by atoms with Crippen molar-refractivity contribution < 1.29 is 27.5 Å². The quantitative estimate of drug-likeness (QED) is 0.605. The van der Waals surface area contributed by atoms with Crippen LogP contribution in [0.2, 0.25) is 0 Å². The molecule has 3 amide bonds. The Balaban J connectivity index is 1.43. The van der Waals surface area contributed by atoms with E-state index in [1.54, 1.807) is 30.9 Å². The molecule has 5 rings (SSSR count). The Labute approximate surface area is 179 Å². The maximum Gasteiger partial charge on any atom is 0.573 e. The first-order valence-corrected chi connectivity index (χ1v) is 9.73. The number of H-pyrrole nitrogens is 1. The van der Waals surface area contributed by atoms with E-state index < -0.39 is 23.7 Å². The smallest absolute Gasteiger partial charge is 0.406 e. The molecule has 11 heteroatoms. The molecule has 0 atom stereocenters. The van der Waals surface area contributed by atoms with Crippen molar-refractivity contribution in [2.24, 2.45) is 0 Å². The molecule has 1 aliphatic heterocycles. The second-order valence-electron chi connectivity index (χ2n) is 7.55. The van der Waals surface area contributed by atoms with Crippen molar-refractivity contribution in [3.8, 4) is 17.1 Å². The van der Waals surface area contributed by atoms with Gasteiger partial charge in [0.1, 0.15) is 17.1 Å². The molecule has 1 N–H and O–H groups in total. The van der Waals surface area contributed by atoms with Crippen LogP contribution in [0.5, 0.6) is 5.75 Å². The van der Waals surface area contributed by atoms with E-state index >= 15 is 0 Å². The summed E-state index contributed by atoms with van der Waals surface area (Å²) in [6.45, 7) is 0.162. The molecule has 1 aromatic carbocycles. The summed E-state index contributed by atoms with van der Waals surface area (Å²) in [5, 5.41) is 0. The van der Waals surface area contributed by atoms with Gasteiger partial charge < -0.3 is 14.6 Å². The fraction of sp³-hybridized carbons (Fsp3) is 0.238. The van der Waals surface area contributed by atoms with Crippen molar-refractivity contribution in [3.63, 3.8) is 0 Å². The van der Waals surface area contributed by atoms with Gasteiger partial charge in [-0.15, -0.1) is 13.2 Å². The summed E-state index contributed by atoms with van der Waals surface area (Å²) < 4.78 is 41.1. The number of benzene rings is 1. The number of anilines is 1. The Morgan fingerprint density at radius 2 is 1.84 bits per heavy atom. The minimum Gasteiger partial charge on any atom is -0.406 e. The van der Waals surface area contributed by atoms with Crippen LogP contribution in [0, 0.1) is 0 Å². The third-order valence-electron chi connectivity index (χ3n) is 5.59. The molecular formula is C21H16F3N5O3. The molecule has 1 spiro atoms. The van der Waals surface area contributed by atoms with Crippen LogP contribution in [0.25, 0.3) is 11.4 Å². The lowest BCUT2D eigenvalue weighted by Crippen LogP contribution is -2.36. The minimum absolute atomic E-state index is 0.162. The summed E-state index contributed by atoms with van der Waals surface area (Å²) in [5.41, 5.74) is 0.713. The molecule has 2 fully saturated rings. The highest BCUT2D eigenvalue weighted by Crippen LogP contribution is 2.50. The van der Waals surface area contributed by atoms with Crippen LogP contribution in [0.1, 0.15) is 18.4 Å². The van der Waals surface area contributed by atoms with Crippen molar-refractivity contribution in [2.75, 3.05) is 4.90 Å². The fourth-order valence-electron chi connectivity index (χ4n) is 3.92. The number of nitrogens with one attached hydrogen (secondary N) is 1. The van der Waals surface area contributed by atoms with E-state index in [9.17, 15) is 22.8 Å². The number of nitrogens with zero attached hydrogens (tertiary/aromatic N) is 4. The molecule has 3 aromatic rings. The van der Waals surface area contributed by atoms with Crippen molar-refractivity contribution in [2.45, 2.75) is 31.3 Å². The van der Waals surface area contributed by atoms with Gasteiger partial charge in [0.2, 0.25) is 0 Å². The zero-order valence-electron chi connectivity index (χ0n) is 16.5. The number of hydrogen-bond donors (Lipinski definition) is 1. The second kappa shape index (κ2) is 7.08. The molecule has 0 radical (unpaired) electrons. The summed E-state index contributed by atoms with van der Waals surface area (Å²) >= 11 is 0. The maximum absolute atomic E-state index is 13.3. The largest absolute Gasteiger partial charge is 0.573 e. The number of aromatic nitrogens is 3. The summed E-state index contributed by atoms with van der Waals surface area (Å²) in [6.07, 6.45) is 2.72. The normalized spacial score (nSPS) is 17.3. The van der Waals surface area contributed by atoms with Crippen LogP contribution in [0.4, 0.5) is 23.7 Å². The van der Waals surface area contributed by atoms with E-state index in [-0.39, 0.29) is 18.1 Å². The Hall–Kier alpha value is -3.89. The van der Waals surface area contributed by atoms with Gasteiger partial charge in [0.15, 0.2) is 0 Å². The highest BCUT2D eigenvalue weighted by atomic mass is 19.4. The van der Waals surface area contributed by atoms with Gasteiger partial charge in [0.05, 0.1) is 5.69 Å². The van der Waals surface area contributed by atoms with E-state index in [4.69, 9.17) is 0 Å². The number of aromatic amines is 1. The molecular weight excluding hydrogens is 427 g/mol. The van der Waals surface area contributed by atoms with Gasteiger partial charge in [-0.2, -0.15) is 0 Å². The third-order valence-corrected chi connectivity index (χ3v) is 5.59.